The number of aryl methyl sites for hydroxylation is 1. The van der Waals surface area contributed by atoms with Crippen molar-refractivity contribution < 1.29 is 22.8 Å². The number of thiazole rings is 1. The first-order chi connectivity index (χ1) is 13.3. The minimum atomic E-state index is -4.47. The summed E-state index contributed by atoms with van der Waals surface area (Å²) in [7, 11) is 0. The van der Waals surface area contributed by atoms with Gasteiger partial charge in [-0.15, -0.1) is 11.3 Å². The van der Waals surface area contributed by atoms with Crippen molar-refractivity contribution >= 4 is 23.2 Å². The molecule has 9 heteroatoms. The zero-order valence-corrected chi connectivity index (χ0v) is 15.9. The molecule has 5 nitrogen and oxygen atoms in total. The molecule has 1 atom stereocenters. The number of carbonyl (C=O) groups is 2. The van der Waals surface area contributed by atoms with Crippen LogP contribution in [0.3, 0.4) is 0 Å². The van der Waals surface area contributed by atoms with Crippen LogP contribution in [0.2, 0.25) is 0 Å². The van der Waals surface area contributed by atoms with Gasteiger partial charge < -0.3 is 10.2 Å². The van der Waals surface area contributed by atoms with Gasteiger partial charge in [-0.05, 0) is 30.5 Å². The lowest BCUT2D eigenvalue weighted by Gasteiger charge is -2.26. The van der Waals surface area contributed by atoms with Crippen molar-refractivity contribution in [3.8, 4) is 0 Å². The summed E-state index contributed by atoms with van der Waals surface area (Å²) in [5.41, 5.74) is 2.03. The molecule has 1 N–H and O–H groups in total. The zero-order chi connectivity index (χ0) is 20.1. The highest BCUT2D eigenvalue weighted by Crippen LogP contribution is 2.31. The van der Waals surface area contributed by atoms with Gasteiger partial charge in [-0.25, -0.2) is 4.98 Å². The first kappa shape index (κ1) is 20.3. The highest BCUT2D eigenvalue weighted by molar-refractivity contribution is 7.07. The van der Waals surface area contributed by atoms with Gasteiger partial charge in [-0.2, -0.15) is 13.2 Å². The van der Waals surface area contributed by atoms with E-state index < -0.39 is 17.8 Å². The minimum absolute atomic E-state index is 0.0475. The van der Waals surface area contributed by atoms with Gasteiger partial charge in [0.15, 0.2) is 0 Å². The van der Waals surface area contributed by atoms with Crippen molar-refractivity contribution in [2.75, 3.05) is 13.1 Å². The predicted molar refractivity (Wildman–Crippen MR) is 98.6 cm³/mol. The fourth-order valence-electron chi connectivity index (χ4n) is 3.15. The topological polar surface area (TPSA) is 62.3 Å². The monoisotopic (exact) mass is 411 g/mol. The molecule has 0 saturated carbocycles. The van der Waals surface area contributed by atoms with Crippen molar-refractivity contribution in [1.82, 2.24) is 15.2 Å². The number of nitrogens with one attached hydrogen (secondary N) is 1. The molecule has 28 heavy (non-hydrogen) atoms. The largest absolute Gasteiger partial charge is 0.416 e. The Hall–Kier alpha value is -2.42. The molecule has 1 aliphatic rings. The molecule has 0 aliphatic carbocycles. The third-order valence-corrected chi connectivity index (χ3v) is 5.25. The molecule has 2 amide bonds. The third kappa shape index (κ3) is 5.31. The molecule has 1 fully saturated rings. The molecule has 1 unspecified atom stereocenters. The SMILES string of the molecule is O=C(CCc1cscn1)NC(CN1CCCC1=O)c1cccc(C(F)(F)F)c1. The van der Waals surface area contributed by atoms with Gasteiger partial charge in [0.25, 0.3) is 0 Å². The van der Waals surface area contributed by atoms with Gasteiger partial charge in [-0.1, -0.05) is 12.1 Å². The first-order valence-corrected chi connectivity index (χ1v) is 9.88. The van der Waals surface area contributed by atoms with E-state index in [4.69, 9.17) is 0 Å². The fraction of sp³-hybridized carbons (Fsp3) is 0.421. The number of halogens is 3. The van der Waals surface area contributed by atoms with Crippen molar-refractivity contribution in [2.45, 2.75) is 37.9 Å². The second kappa shape index (κ2) is 8.72. The number of aromatic nitrogens is 1. The minimum Gasteiger partial charge on any atom is -0.347 e. The van der Waals surface area contributed by atoms with Gasteiger partial charge in [0, 0.05) is 31.3 Å². The highest BCUT2D eigenvalue weighted by Gasteiger charge is 2.32. The summed E-state index contributed by atoms with van der Waals surface area (Å²) in [4.78, 5) is 30.1. The van der Waals surface area contributed by atoms with E-state index in [0.717, 1.165) is 17.8 Å². The molecule has 0 radical (unpaired) electrons. The molecule has 1 aromatic heterocycles. The number of amides is 2. The van der Waals surface area contributed by atoms with E-state index in [1.807, 2.05) is 5.38 Å². The fourth-order valence-corrected chi connectivity index (χ4v) is 3.75. The molecule has 1 saturated heterocycles. The Kier molecular flexibility index (Phi) is 6.33. The average molecular weight is 411 g/mol. The molecule has 2 heterocycles. The molecule has 0 spiro atoms. The van der Waals surface area contributed by atoms with Crippen LogP contribution in [0.1, 0.15) is 42.1 Å². The van der Waals surface area contributed by atoms with Crippen LogP contribution in [0.15, 0.2) is 35.2 Å². The van der Waals surface area contributed by atoms with Crippen LogP contribution in [0.25, 0.3) is 0 Å². The van der Waals surface area contributed by atoms with Crippen molar-refractivity contribution in [1.29, 1.82) is 0 Å². The van der Waals surface area contributed by atoms with Gasteiger partial charge >= 0.3 is 6.18 Å². The van der Waals surface area contributed by atoms with E-state index in [0.29, 0.717) is 31.4 Å². The van der Waals surface area contributed by atoms with Crippen LogP contribution in [0.5, 0.6) is 0 Å². The van der Waals surface area contributed by atoms with E-state index in [1.54, 1.807) is 16.5 Å². The number of nitrogens with zero attached hydrogens (tertiary/aromatic N) is 2. The van der Waals surface area contributed by atoms with E-state index >= 15 is 0 Å². The molecule has 2 aromatic rings. The van der Waals surface area contributed by atoms with Crippen molar-refractivity contribution in [3.63, 3.8) is 0 Å². The number of carbonyl (C=O) groups excluding carboxylic acids is 2. The van der Waals surface area contributed by atoms with Crippen molar-refractivity contribution in [2.24, 2.45) is 0 Å². The van der Waals surface area contributed by atoms with Gasteiger partial charge in [-0.3, -0.25) is 9.59 Å². The van der Waals surface area contributed by atoms with Gasteiger partial charge in [0.2, 0.25) is 11.8 Å². The standard InChI is InChI=1S/C19H20F3N3O2S/c20-19(21,22)14-4-1-3-13(9-14)16(10-25-8-2-5-18(25)27)24-17(26)7-6-15-11-28-12-23-15/h1,3-4,9,11-12,16H,2,5-8,10H2,(H,24,26). The van der Waals surface area contributed by atoms with Crippen LogP contribution in [-0.4, -0.2) is 34.8 Å². The summed E-state index contributed by atoms with van der Waals surface area (Å²) in [5, 5.41) is 4.64. The van der Waals surface area contributed by atoms with E-state index in [-0.39, 0.29) is 24.8 Å². The van der Waals surface area contributed by atoms with Crippen LogP contribution in [-0.2, 0) is 22.2 Å². The summed E-state index contributed by atoms with van der Waals surface area (Å²) in [6.45, 7) is 0.700. The highest BCUT2D eigenvalue weighted by atomic mass is 32.1. The van der Waals surface area contributed by atoms with E-state index in [1.165, 1.54) is 17.4 Å². The summed E-state index contributed by atoms with van der Waals surface area (Å²) in [6.07, 6.45) is -2.71. The Morgan fingerprint density at radius 1 is 1.36 bits per heavy atom. The van der Waals surface area contributed by atoms with E-state index in [9.17, 15) is 22.8 Å². The Balaban J connectivity index is 1.74. The van der Waals surface area contributed by atoms with Crippen LogP contribution in [0, 0.1) is 0 Å². The number of hydrogen-bond acceptors (Lipinski definition) is 4. The number of rotatable bonds is 7. The quantitative estimate of drug-likeness (QED) is 0.758. The van der Waals surface area contributed by atoms with E-state index in [2.05, 4.69) is 10.3 Å². The number of hydrogen-bond donors (Lipinski definition) is 1. The molecule has 3 rings (SSSR count). The summed E-state index contributed by atoms with van der Waals surface area (Å²) in [5.74, 6) is -0.337. The van der Waals surface area contributed by atoms with Crippen LogP contribution in [0.4, 0.5) is 13.2 Å². The summed E-state index contributed by atoms with van der Waals surface area (Å²) in [6, 6.07) is 4.18. The molecule has 1 aromatic carbocycles. The Morgan fingerprint density at radius 2 is 2.18 bits per heavy atom. The number of likely N-dealkylation sites (tertiary alicyclic amines) is 1. The Bertz CT molecular complexity index is 824. The normalized spacial score (nSPS) is 15.7. The second-order valence-electron chi connectivity index (χ2n) is 6.67. The maximum absolute atomic E-state index is 13.1. The first-order valence-electron chi connectivity index (χ1n) is 8.94. The van der Waals surface area contributed by atoms with Gasteiger partial charge in [0.1, 0.15) is 0 Å². The zero-order valence-electron chi connectivity index (χ0n) is 15.0. The van der Waals surface area contributed by atoms with Crippen LogP contribution < -0.4 is 5.32 Å². The maximum Gasteiger partial charge on any atom is 0.416 e. The Labute approximate surface area is 164 Å². The van der Waals surface area contributed by atoms with Crippen LogP contribution >= 0.6 is 11.3 Å². The van der Waals surface area contributed by atoms with Gasteiger partial charge in [0.05, 0.1) is 22.8 Å². The lowest BCUT2D eigenvalue weighted by molar-refractivity contribution is -0.137. The Morgan fingerprint density at radius 3 is 2.82 bits per heavy atom. The molecule has 1 aliphatic heterocycles. The summed E-state index contributed by atoms with van der Waals surface area (Å²) < 4.78 is 39.2. The van der Waals surface area contributed by atoms with Crippen molar-refractivity contribution in [3.05, 3.63) is 52.0 Å². The molecule has 0 bridgehead atoms. The summed E-state index contributed by atoms with van der Waals surface area (Å²) >= 11 is 1.43. The third-order valence-electron chi connectivity index (χ3n) is 4.62. The number of benzene rings is 1. The second-order valence-corrected chi connectivity index (χ2v) is 7.39. The predicted octanol–water partition coefficient (Wildman–Crippen LogP) is 3.57. The maximum atomic E-state index is 13.1. The lowest BCUT2D eigenvalue weighted by atomic mass is 10.0. The molecule has 150 valence electrons. The smallest absolute Gasteiger partial charge is 0.347 e. The number of alkyl halides is 3. The molecular weight excluding hydrogens is 391 g/mol. The lowest BCUT2D eigenvalue weighted by Crippen LogP contribution is -2.38. The molecular formula is C19H20F3N3O2S. The average Bonchev–Trinajstić information content (AvgIpc) is 3.31.